The van der Waals surface area contributed by atoms with Gasteiger partial charge in [-0.3, -0.25) is 4.98 Å². The predicted octanol–water partition coefficient (Wildman–Crippen LogP) is 6.15. The maximum atomic E-state index is 6.48. The van der Waals surface area contributed by atoms with Crippen LogP contribution in [0.25, 0.3) is 11.1 Å². The van der Waals surface area contributed by atoms with E-state index in [9.17, 15) is 0 Å². The van der Waals surface area contributed by atoms with Crippen molar-refractivity contribution < 1.29 is 0 Å². The van der Waals surface area contributed by atoms with E-state index in [1.54, 1.807) is 6.20 Å². The van der Waals surface area contributed by atoms with Crippen molar-refractivity contribution in [2.75, 3.05) is 10.6 Å². The lowest BCUT2D eigenvalue weighted by Gasteiger charge is -2.23. The summed E-state index contributed by atoms with van der Waals surface area (Å²) in [4.78, 5) is 8.55. The van der Waals surface area contributed by atoms with Crippen molar-refractivity contribution in [3.8, 4) is 11.1 Å². The van der Waals surface area contributed by atoms with Crippen molar-refractivity contribution in [1.29, 1.82) is 0 Å². The molecule has 1 aliphatic carbocycles. The topological polar surface area (TPSA) is 49.8 Å². The molecule has 1 aromatic carbocycles. The van der Waals surface area contributed by atoms with Crippen LogP contribution in [-0.2, 0) is 6.54 Å². The molecule has 28 heavy (non-hydrogen) atoms. The number of halogens is 1. The minimum Gasteiger partial charge on any atom is -0.381 e. The van der Waals surface area contributed by atoms with Crippen LogP contribution < -0.4 is 10.6 Å². The summed E-state index contributed by atoms with van der Waals surface area (Å²) in [7, 11) is 0. The molecule has 4 rings (SSSR count). The fourth-order valence-corrected chi connectivity index (χ4v) is 3.91. The first kappa shape index (κ1) is 18.8. The van der Waals surface area contributed by atoms with Crippen LogP contribution in [-0.4, -0.2) is 16.0 Å². The van der Waals surface area contributed by atoms with Gasteiger partial charge in [-0.2, -0.15) is 0 Å². The molecule has 0 aliphatic heterocycles. The molecule has 1 aliphatic rings. The highest BCUT2D eigenvalue weighted by Gasteiger charge is 2.14. The third-order valence-corrected chi connectivity index (χ3v) is 5.53. The second kappa shape index (κ2) is 9.07. The molecular formula is C23H25ClN4. The summed E-state index contributed by atoms with van der Waals surface area (Å²) in [5, 5.41) is 7.72. The summed E-state index contributed by atoms with van der Waals surface area (Å²) >= 11 is 6.48. The average molecular weight is 393 g/mol. The highest BCUT2D eigenvalue weighted by molar-refractivity contribution is 6.33. The normalized spacial score (nSPS) is 14.6. The zero-order valence-corrected chi connectivity index (χ0v) is 16.6. The van der Waals surface area contributed by atoms with Crippen LogP contribution in [0.5, 0.6) is 0 Å². The summed E-state index contributed by atoms with van der Waals surface area (Å²) in [6, 6.07) is 15.0. The van der Waals surface area contributed by atoms with Crippen LogP contribution in [0.3, 0.4) is 0 Å². The summed E-state index contributed by atoms with van der Waals surface area (Å²) in [6.45, 7) is 0.755. The number of aromatic nitrogens is 2. The molecule has 5 heteroatoms. The summed E-state index contributed by atoms with van der Waals surface area (Å²) in [6.07, 6.45) is 11.7. The highest BCUT2D eigenvalue weighted by Crippen LogP contribution is 2.32. The van der Waals surface area contributed by atoms with Gasteiger partial charge in [0.05, 0.1) is 5.02 Å². The Bertz CT molecular complexity index is 907. The molecule has 2 aromatic heterocycles. The molecule has 0 atom stereocenters. The minimum atomic E-state index is 0.517. The molecule has 2 N–H and O–H groups in total. The number of pyridine rings is 2. The minimum absolute atomic E-state index is 0.517. The number of benzene rings is 1. The molecule has 0 saturated heterocycles. The van der Waals surface area contributed by atoms with E-state index in [2.05, 4.69) is 50.9 Å². The molecule has 4 nitrogen and oxygen atoms in total. The van der Waals surface area contributed by atoms with Crippen LogP contribution in [0.15, 0.2) is 61.1 Å². The number of nitrogens with one attached hydrogen (secondary N) is 2. The maximum absolute atomic E-state index is 6.48. The lowest BCUT2D eigenvalue weighted by Crippen LogP contribution is -2.22. The first-order valence-corrected chi connectivity index (χ1v) is 10.3. The monoisotopic (exact) mass is 392 g/mol. The van der Waals surface area contributed by atoms with E-state index in [1.165, 1.54) is 37.7 Å². The SMILES string of the molecule is Clc1cnc(NC2CCCCC2)cc1-c1cccc(NCc2ccncc2)c1. The van der Waals surface area contributed by atoms with Gasteiger partial charge in [-0.15, -0.1) is 0 Å². The van der Waals surface area contributed by atoms with E-state index in [1.807, 2.05) is 24.5 Å². The highest BCUT2D eigenvalue weighted by atomic mass is 35.5. The third kappa shape index (κ3) is 4.82. The fourth-order valence-electron chi connectivity index (χ4n) is 3.70. The van der Waals surface area contributed by atoms with Gasteiger partial charge in [0.15, 0.2) is 0 Å². The van der Waals surface area contributed by atoms with Crippen molar-refractivity contribution in [3.05, 3.63) is 71.6 Å². The van der Waals surface area contributed by atoms with Crippen LogP contribution in [0.2, 0.25) is 5.02 Å². The fraction of sp³-hybridized carbons (Fsp3) is 0.304. The molecule has 0 bridgehead atoms. The van der Waals surface area contributed by atoms with Gasteiger partial charge in [0.2, 0.25) is 0 Å². The van der Waals surface area contributed by atoms with Gasteiger partial charge in [0, 0.05) is 42.4 Å². The van der Waals surface area contributed by atoms with Crippen LogP contribution in [0.1, 0.15) is 37.7 Å². The van der Waals surface area contributed by atoms with Crippen molar-refractivity contribution in [3.63, 3.8) is 0 Å². The van der Waals surface area contributed by atoms with Crippen molar-refractivity contribution >= 4 is 23.1 Å². The van der Waals surface area contributed by atoms with Gasteiger partial charge in [-0.05, 0) is 54.3 Å². The molecule has 1 saturated carbocycles. The third-order valence-electron chi connectivity index (χ3n) is 5.23. The molecule has 3 aromatic rings. The number of anilines is 2. The number of hydrogen-bond donors (Lipinski definition) is 2. The largest absolute Gasteiger partial charge is 0.381 e. The zero-order valence-electron chi connectivity index (χ0n) is 15.9. The molecule has 0 amide bonds. The lowest BCUT2D eigenvalue weighted by atomic mass is 9.95. The Morgan fingerprint density at radius 2 is 1.82 bits per heavy atom. The van der Waals surface area contributed by atoms with E-state index in [4.69, 9.17) is 11.6 Å². The van der Waals surface area contributed by atoms with Crippen molar-refractivity contribution in [2.24, 2.45) is 0 Å². The lowest BCUT2D eigenvalue weighted by molar-refractivity contribution is 0.462. The quantitative estimate of drug-likeness (QED) is 0.527. The molecular weight excluding hydrogens is 368 g/mol. The Hall–Kier alpha value is -2.59. The molecule has 0 radical (unpaired) electrons. The van der Waals surface area contributed by atoms with Crippen LogP contribution >= 0.6 is 11.6 Å². The van der Waals surface area contributed by atoms with Crippen molar-refractivity contribution in [1.82, 2.24) is 9.97 Å². The smallest absolute Gasteiger partial charge is 0.126 e. The molecule has 144 valence electrons. The first-order valence-electron chi connectivity index (χ1n) is 9.93. The molecule has 2 heterocycles. The van der Waals surface area contributed by atoms with Gasteiger partial charge in [0.25, 0.3) is 0 Å². The Kier molecular flexibility index (Phi) is 6.07. The number of nitrogens with zero attached hydrogens (tertiary/aromatic N) is 2. The van der Waals surface area contributed by atoms with Gasteiger partial charge in [-0.1, -0.05) is 43.0 Å². The summed E-state index contributed by atoms with van der Waals surface area (Å²) in [5.41, 5.74) is 4.34. The zero-order chi connectivity index (χ0) is 19.2. The Labute approximate surface area is 171 Å². The van der Waals surface area contributed by atoms with E-state index in [-0.39, 0.29) is 0 Å². The molecule has 1 fully saturated rings. The van der Waals surface area contributed by atoms with Gasteiger partial charge in [-0.25, -0.2) is 4.98 Å². The summed E-state index contributed by atoms with van der Waals surface area (Å²) in [5.74, 6) is 0.904. The number of hydrogen-bond acceptors (Lipinski definition) is 4. The number of rotatable bonds is 6. The average Bonchev–Trinajstić information content (AvgIpc) is 2.75. The van der Waals surface area contributed by atoms with Gasteiger partial charge >= 0.3 is 0 Å². The van der Waals surface area contributed by atoms with E-state index >= 15 is 0 Å². The molecule has 0 spiro atoms. The Morgan fingerprint density at radius 1 is 1.00 bits per heavy atom. The summed E-state index contributed by atoms with van der Waals surface area (Å²) < 4.78 is 0. The van der Waals surface area contributed by atoms with Crippen LogP contribution in [0.4, 0.5) is 11.5 Å². The Balaban J connectivity index is 1.50. The van der Waals surface area contributed by atoms with E-state index < -0.39 is 0 Å². The maximum Gasteiger partial charge on any atom is 0.126 e. The van der Waals surface area contributed by atoms with Crippen LogP contribution in [0, 0.1) is 0 Å². The van der Waals surface area contributed by atoms with Crippen molar-refractivity contribution in [2.45, 2.75) is 44.7 Å². The standard InChI is InChI=1S/C23H25ClN4/c24-22-16-27-23(28-19-6-2-1-3-7-19)14-21(22)18-5-4-8-20(13-18)26-15-17-9-11-25-12-10-17/h4-5,8-14,16,19,26H,1-3,6-7,15H2,(H,27,28). The second-order valence-electron chi connectivity index (χ2n) is 7.32. The molecule has 0 unspecified atom stereocenters. The van der Waals surface area contributed by atoms with Gasteiger partial charge in [0.1, 0.15) is 5.82 Å². The Morgan fingerprint density at radius 3 is 2.64 bits per heavy atom. The predicted molar refractivity (Wildman–Crippen MR) is 117 cm³/mol. The van der Waals surface area contributed by atoms with Gasteiger partial charge < -0.3 is 10.6 Å². The van der Waals surface area contributed by atoms with E-state index in [0.29, 0.717) is 11.1 Å². The second-order valence-corrected chi connectivity index (χ2v) is 7.73. The first-order chi connectivity index (χ1) is 13.8. The van der Waals surface area contributed by atoms with E-state index in [0.717, 1.165) is 29.2 Å².